The molecule has 8 heteroatoms. The molecular formula is C26H27FN6O. The highest BCUT2D eigenvalue weighted by Gasteiger charge is 2.18. The Balaban J connectivity index is 1.42. The van der Waals surface area contributed by atoms with E-state index >= 15 is 0 Å². The van der Waals surface area contributed by atoms with Crippen molar-refractivity contribution in [2.75, 3.05) is 38.5 Å². The summed E-state index contributed by atoms with van der Waals surface area (Å²) in [6.45, 7) is 6.59. The molecular weight excluding hydrogens is 431 g/mol. The summed E-state index contributed by atoms with van der Waals surface area (Å²) in [4.78, 5) is 21.7. The fourth-order valence-electron chi connectivity index (χ4n) is 4.32. The van der Waals surface area contributed by atoms with Crippen molar-refractivity contribution in [3.8, 4) is 11.1 Å². The molecule has 1 fully saturated rings. The number of nitrogens with zero attached hydrogens (tertiary/aromatic N) is 4. The first-order valence-electron chi connectivity index (χ1n) is 11.4. The molecule has 2 N–H and O–H groups in total. The third-order valence-corrected chi connectivity index (χ3v) is 6.36. The maximum absolute atomic E-state index is 14.6. The zero-order valence-corrected chi connectivity index (χ0v) is 19.3. The molecule has 1 saturated heterocycles. The fraction of sp³-hybridized carbons (Fsp3) is 0.269. The van der Waals surface area contributed by atoms with E-state index in [9.17, 15) is 9.18 Å². The number of rotatable bonds is 5. The second-order valence-electron chi connectivity index (χ2n) is 8.90. The lowest BCUT2D eigenvalue weighted by molar-refractivity contribution is 0.102. The molecule has 0 bridgehead atoms. The van der Waals surface area contributed by atoms with Gasteiger partial charge in [-0.1, -0.05) is 6.07 Å². The predicted octanol–water partition coefficient (Wildman–Crippen LogP) is 4.07. The van der Waals surface area contributed by atoms with Crippen molar-refractivity contribution in [3.05, 3.63) is 77.5 Å². The van der Waals surface area contributed by atoms with Crippen molar-refractivity contribution in [1.82, 2.24) is 25.0 Å². The molecule has 1 amide bonds. The van der Waals surface area contributed by atoms with Crippen molar-refractivity contribution in [2.45, 2.75) is 13.5 Å². The predicted molar refractivity (Wildman–Crippen MR) is 131 cm³/mol. The first-order valence-corrected chi connectivity index (χ1v) is 11.4. The highest BCUT2D eigenvalue weighted by atomic mass is 19.1. The van der Waals surface area contributed by atoms with Gasteiger partial charge < -0.3 is 10.2 Å². The van der Waals surface area contributed by atoms with Gasteiger partial charge in [-0.15, -0.1) is 0 Å². The molecule has 1 aliphatic rings. The molecule has 0 spiro atoms. The molecule has 0 saturated carbocycles. The number of aromatic nitrogens is 3. The second kappa shape index (κ2) is 9.32. The highest BCUT2D eigenvalue weighted by molar-refractivity contribution is 6.11. The molecule has 0 unspecified atom stereocenters. The van der Waals surface area contributed by atoms with Crippen molar-refractivity contribution in [2.24, 2.45) is 0 Å². The number of H-pyrrole nitrogens is 1. The minimum Gasteiger partial charge on any atom is -0.319 e. The van der Waals surface area contributed by atoms with Crippen LogP contribution in [0.4, 0.5) is 10.1 Å². The van der Waals surface area contributed by atoms with E-state index in [1.807, 2.05) is 37.3 Å². The Labute approximate surface area is 197 Å². The maximum atomic E-state index is 14.6. The van der Waals surface area contributed by atoms with Crippen LogP contribution in [0.3, 0.4) is 0 Å². The van der Waals surface area contributed by atoms with Gasteiger partial charge in [0.25, 0.3) is 5.91 Å². The lowest BCUT2D eigenvalue weighted by atomic mass is 10.00. The number of benzene rings is 2. The minimum atomic E-state index is -0.325. The molecule has 7 nitrogen and oxygen atoms in total. The van der Waals surface area contributed by atoms with Crippen LogP contribution in [0.5, 0.6) is 0 Å². The number of nitrogens with one attached hydrogen (secondary N) is 2. The summed E-state index contributed by atoms with van der Waals surface area (Å²) >= 11 is 0. The van der Waals surface area contributed by atoms with E-state index in [0.717, 1.165) is 53.9 Å². The molecule has 2 aromatic carbocycles. The van der Waals surface area contributed by atoms with Gasteiger partial charge in [-0.05, 0) is 72.6 Å². The maximum Gasteiger partial charge on any atom is 0.276 e. The number of pyridine rings is 1. The topological polar surface area (TPSA) is 77.1 Å². The van der Waals surface area contributed by atoms with E-state index < -0.39 is 0 Å². The number of piperazine rings is 1. The number of likely N-dealkylation sites (N-methyl/N-ethyl adjacent to an activating group) is 1. The van der Waals surface area contributed by atoms with Crippen LogP contribution in [0.25, 0.3) is 22.0 Å². The molecule has 2 aromatic heterocycles. The van der Waals surface area contributed by atoms with Crippen LogP contribution in [0.2, 0.25) is 0 Å². The molecule has 0 radical (unpaired) electrons. The van der Waals surface area contributed by atoms with Crippen molar-refractivity contribution in [3.63, 3.8) is 0 Å². The van der Waals surface area contributed by atoms with Crippen LogP contribution in [0, 0.1) is 12.7 Å². The van der Waals surface area contributed by atoms with Gasteiger partial charge in [-0.3, -0.25) is 19.8 Å². The number of amides is 1. The summed E-state index contributed by atoms with van der Waals surface area (Å²) in [5.74, 6) is -0.589. The quantitative estimate of drug-likeness (QED) is 0.471. The molecule has 4 aromatic rings. The van der Waals surface area contributed by atoms with Crippen molar-refractivity contribution in [1.29, 1.82) is 0 Å². The first-order chi connectivity index (χ1) is 16.5. The van der Waals surface area contributed by atoms with E-state index in [1.165, 1.54) is 6.07 Å². The van der Waals surface area contributed by atoms with Crippen molar-refractivity contribution < 1.29 is 9.18 Å². The van der Waals surface area contributed by atoms with Gasteiger partial charge in [0, 0.05) is 44.3 Å². The van der Waals surface area contributed by atoms with E-state index in [2.05, 4.69) is 37.3 Å². The number of anilines is 1. The monoisotopic (exact) mass is 458 g/mol. The number of aromatic amines is 1. The summed E-state index contributed by atoms with van der Waals surface area (Å²) in [6, 6.07) is 12.7. The molecule has 0 aliphatic carbocycles. The summed E-state index contributed by atoms with van der Waals surface area (Å²) in [7, 11) is 2.12. The zero-order valence-electron chi connectivity index (χ0n) is 19.3. The van der Waals surface area contributed by atoms with E-state index in [4.69, 9.17) is 0 Å². The molecule has 34 heavy (non-hydrogen) atoms. The van der Waals surface area contributed by atoms with Gasteiger partial charge in [0.05, 0.1) is 17.4 Å². The van der Waals surface area contributed by atoms with Crippen LogP contribution in [0.1, 0.15) is 21.6 Å². The van der Waals surface area contributed by atoms with Crippen LogP contribution in [-0.2, 0) is 6.54 Å². The molecule has 1 aliphatic heterocycles. The Morgan fingerprint density at radius 3 is 2.71 bits per heavy atom. The largest absolute Gasteiger partial charge is 0.319 e. The molecule has 5 rings (SSSR count). The second-order valence-corrected chi connectivity index (χ2v) is 8.90. The van der Waals surface area contributed by atoms with Crippen LogP contribution < -0.4 is 5.32 Å². The number of halogens is 1. The summed E-state index contributed by atoms with van der Waals surface area (Å²) in [5.41, 5.74) is 5.13. The molecule has 174 valence electrons. The van der Waals surface area contributed by atoms with E-state index in [0.29, 0.717) is 17.6 Å². The van der Waals surface area contributed by atoms with Crippen LogP contribution in [-0.4, -0.2) is 64.1 Å². The highest BCUT2D eigenvalue weighted by Crippen LogP contribution is 2.28. The Kier molecular flexibility index (Phi) is 6.08. The van der Waals surface area contributed by atoms with Gasteiger partial charge in [-0.2, -0.15) is 5.10 Å². The van der Waals surface area contributed by atoms with Gasteiger partial charge in [-0.25, -0.2) is 4.39 Å². The Morgan fingerprint density at radius 2 is 1.91 bits per heavy atom. The molecule has 0 atom stereocenters. The Bertz CT molecular complexity index is 1340. The standard InChI is InChI=1S/C26H27FN6O/c1-17-5-6-28-15-24(17)29-26(34)25-22-14-19(3-4-23(22)30-31-25)20-11-18(12-21(27)13-20)16-33-9-7-32(2)8-10-33/h3-6,11-15H,7-10,16H2,1-2H3,(H,29,34)(H,30,31). The normalized spacial score (nSPS) is 15.0. The number of aryl methyl sites for hydroxylation is 1. The number of carbonyl (C=O) groups is 1. The average Bonchev–Trinajstić information content (AvgIpc) is 3.25. The SMILES string of the molecule is Cc1ccncc1NC(=O)c1n[nH]c2ccc(-c3cc(F)cc(CN4CCN(C)CC4)c3)cc12. The van der Waals surface area contributed by atoms with Crippen molar-refractivity contribution >= 4 is 22.5 Å². The lowest BCUT2D eigenvalue weighted by Gasteiger charge is -2.32. The number of hydrogen-bond donors (Lipinski definition) is 2. The third-order valence-electron chi connectivity index (χ3n) is 6.36. The smallest absolute Gasteiger partial charge is 0.276 e. The van der Waals surface area contributed by atoms with Crippen LogP contribution >= 0.6 is 0 Å². The zero-order chi connectivity index (χ0) is 23.7. The van der Waals surface area contributed by atoms with Gasteiger partial charge in [0.2, 0.25) is 0 Å². The average molecular weight is 459 g/mol. The minimum absolute atomic E-state index is 0.265. The summed E-state index contributed by atoms with van der Waals surface area (Å²) in [6.07, 6.45) is 3.29. The van der Waals surface area contributed by atoms with Crippen LogP contribution in [0.15, 0.2) is 54.9 Å². The molecule has 3 heterocycles. The van der Waals surface area contributed by atoms with Gasteiger partial charge in [0.15, 0.2) is 5.69 Å². The number of fused-ring (bicyclic) bond motifs is 1. The summed E-state index contributed by atoms with van der Waals surface area (Å²) < 4.78 is 14.6. The fourth-order valence-corrected chi connectivity index (χ4v) is 4.32. The van der Waals surface area contributed by atoms with E-state index in [-0.39, 0.29) is 17.4 Å². The third kappa shape index (κ3) is 4.69. The lowest BCUT2D eigenvalue weighted by Crippen LogP contribution is -2.43. The van der Waals surface area contributed by atoms with Gasteiger partial charge in [0.1, 0.15) is 5.82 Å². The summed E-state index contributed by atoms with van der Waals surface area (Å²) in [5, 5.41) is 10.7. The first kappa shape index (κ1) is 22.2. The number of hydrogen-bond acceptors (Lipinski definition) is 5. The Morgan fingerprint density at radius 1 is 1.09 bits per heavy atom. The van der Waals surface area contributed by atoms with Gasteiger partial charge >= 0.3 is 0 Å². The van der Waals surface area contributed by atoms with E-state index in [1.54, 1.807) is 18.5 Å². The number of carbonyl (C=O) groups excluding carboxylic acids is 1. The Hall–Kier alpha value is -3.62.